The van der Waals surface area contributed by atoms with E-state index in [1.165, 1.54) is 6.26 Å². The molecule has 0 saturated carbocycles. The Balaban J connectivity index is 2.43. The van der Waals surface area contributed by atoms with Gasteiger partial charge < -0.3 is 9.68 Å². The van der Waals surface area contributed by atoms with Crippen LogP contribution in [-0.2, 0) is 4.65 Å². The summed E-state index contributed by atoms with van der Waals surface area (Å²) in [4.78, 5) is 12.1. The van der Waals surface area contributed by atoms with E-state index in [1.807, 2.05) is 26.8 Å². The maximum absolute atomic E-state index is 12.1. The Morgan fingerprint density at radius 3 is 2.71 bits per heavy atom. The molecule has 0 atom stereocenters. The highest BCUT2D eigenvalue weighted by molar-refractivity contribution is 6.61. The number of rotatable bonds is 1. The van der Waals surface area contributed by atoms with Crippen molar-refractivity contribution >= 4 is 24.4 Å². The van der Waals surface area contributed by atoms with Gasteiger partial charge in [-0.3, -0.25) is 4.79 Å². The van der Waals surface area contributed by atoms with Gasteiger partial charge in [0.1, 0.15) is 0 Å². The predicted molar refractivity (Wildman–Crippen MR) is 68.0 cm³/mol. The molecular weight excluding hydrogens is 215 g/mol. The molecule has 2 rings (SSSR count). The number of hydrogen-bond acceptors (Lipinski definition) is 3. The van der Waals surface area contributed by atoms with Crippen molar-refractivity contribution in [2.24, 2.45) is 5.41 Å². The first-order valence-electron chi connectivity index (χ1n) is 5.58. The summed E-state index contributed by atoms with van der Waals surface area (Å²) in [5.74, 6) is 0.0575. The number of Topliss-reactive ketones (excluding diaryl/α,β-unsaturated/α-hetero) is 1. The number of carbonyl (C=O) groups is 1. The lowest BCUT2D eigenvalue weighted by atomic mass is 9.73. The monoisotopic (exact) mass is 230 g/mol. The van der Waals surface area contributed by atoms with Crippen molar-refractivity contribution < 1.29 is 14.5 Å². The number of benzene rings is 1. The number of fused-ring (bicyclic) bond motifs is 1. The van der Waals surface area contributed by atoms with Gasteiger partial charge in [0.05, 0.1) is 6.26 Å². The smallest absolute Gasteiger partial charge is 0.538 e. The van der Waals surface area contributed by atoms with E-state index < -0.39 is 12.5 Å². The fourth-order valence-corrected chi connectivity index (χ4v) is 1.77. The zero-order chi connectivity index (χ0) is 12.6. The fourth-order valence-electron chi connectivity index (χ4n) is 1.77. The van der Waals surface area contributed by atoms with Crippen molar-refractivity contribution in [1.29, 1.82) is 0 Å². The average molecular weight is 230 g/mol. The first-order chi connectivity index (χ1) is 7.89. The molecule has 1 N–H and O–H groups in total. The minimum absolute atomic E-state index is 0.0575. The summed E-state index contributed by atoms with van der Waals surface area (Å²) in [6, 6.07) is 5.32. The van der Waals surface area contributed by atoms with Crippen LogP contribution in [0.5, 0.6) is 0 Å². The summed E-state index contributed by atoms with van der Waals surface area (Å²) in [5.41, 5.74) is 1.70. The van der Waals surface area contributed by atoms with Gasteiger partial charge in [-0.2, -0.15) is 0 Å². The quantitative estimate of drug-likeness (QED) is 0.588. The van der Waals surface area contributed by atoms with Crippen molar-refractivity contribution in [2.75, 3.05) is 0 Å². The standard InChI is InChI=1S/C13H15BO3/c1-13(2,3)12(15)10-5-4-9-6-7-17-14(16)11(9)8-10/h4-8,16H,1-3H3. The zero-order valence-electron chi connectivity index (χ0n) is 10.2. The second kappa shape index (κ2) is 4.04. The van der Waals surface area contributed by atoms with Crippen LogP contribution >= 0.6 is 0 Å². The summed E-state index contributed by atoms with van der Waals surface area (Å²) < 4.78 is 4.99. The normalized spacial score (nSPS) is 14.2. The van der Waals surface area contributed by atoms with Crippen molar-refractivity contribution in [3.8, 4) is 0 Å². The number of ketones is 1. The van der Waals surface area contributed by atoms with Crippen LogP contribution in [0.4, 0.5) is 0 Å². The topological polar surface area (TPSA) is 46.5 Å². The van der Waals surface area contributed by atoms with Gasteiger partial charge in [-0.25, -0.2) is 0 Å². The Bertz CT molecular complexity index is 486. The van der Waals surface area contributed by atoms with E-state index in [1.54, 1.807) is 18.2 Å². The summed E-state index contributed by atoms with van der Waals surface area (Å²) in [6.45, 7) is 5.63. The Morgan fingerprint density at radius 1 is 1.35 bits per heavy atom. The van der Waals surface area contributed by atoms with Gasteiger partial charge in [-0.05, 0) is 17.7 Å². The Kier molecular flexibility index (Phi) is 2.83. The second-order valence-corrected chi connectivity index (χ2v) is 5.21. The van der Waals surface area contributed by atoms with Crippen LogP contribution in [0.3, 0.4) is 0 Å². The lowest BCUT2D eigenvalue weighted by Gasteiger charge is -2.19. The van der Waals surface area contributed by atoms with Crippen LogP contribution in [0.15, 0.2) is 24.5 Å². The molecule has 4 heteroatoms. The summed E-state index contributed by atoms with van der Waals surface area (Å²) in [7, 11) is -0.984. The molecule has 1 aromatic carbocycles. The molecule has 0 amide bonds. The average Bonchev–Trinajstić information content (AvgIpc) is 2.27. The lowest BCUT2D eigenvalue weighted by Crippen LogP contribution is -2.37. The number of carbonyl (C=O) groups excluding carboxylic acids is 1. The molecule has 0 saturated heterocycles. The molecule has 1 heterocycles. The van der Waals surface area contributed by atoms with E-state index in [9.17, 15) is 9.82 Å². The van der Waals surface area contributed by atoms with Gasteiger partial charge in [-0.1, -0.05) is 32.9 Å². The SMILES string of the molecule is CC(C)(C)C(=O)c1ccc2c(c1)B(O)OC=C2. The molecule has 0 unspecified atom stereocenters. The van der Waals surface area contributed by atoms with Crippen LogP contribution in [0.1, 0.15) is 36.7 Å². The molecule has 0 bridgehead atoms. The van der Waals surface area contributed by atoms with E-state index >= 15 is 0 Å². The van der Waals surface area contributed by atoms with Crippen molar-refractivity contribution in [3.05, 3.63) is 35.6 Å². The molecule has 1 aliphatic heterocycles. The molecule has 88 valence electrons. The first kappa shape index (κ1) is 11.9. The third-order valence-electron chi connectivity index (χ3n) is 2.75. The largest absolute Gasteiger partial charge is 0.560 e. The molecule has 1 aliphatic rings. The molecule has 0 fully saturated rings. The van der Waals surface area contributed by atoms with Crippen LogP contribution in [-0.4, -0.2) is 17.9 Å². The van der Waals surface area contributed by atoms with E-state index in [0.29, 0.717) is 11.0 Å². The first-order valence-corrected chi connectivity index (χ1v) is 5.58. The van der Waals surface area contributed by atoms with Crippen molar-refractivity contribution in [3.63, 3.8) is 0 Å². The molecular formula is C13H15BO3. The highest BCUT2D eigenvalue weighted by Gasteiger charge is 2.27. The van der Waals surface area contributed by atoms with Crippen LogP contribution in [0.2, 0.25) is 0 Å². The third kappa shape index (κ3) is 2.27. The van der Waals surface area contributed by atoms with Gasteiger partial charge in [0.2, 0.25) is 0 Å². The van der Waals surface area contributed by atoms with Crippen LogP contribution in [0.25, 0.3) is 6.08 Å². The molecule has 0 spiro atoms. The molecule has 3 nitrogen and oxygen atoms in total. The van der Waals surface area contributed by atoms with E-state index in [4.69, 9.17) is 4.65 Å². The molecule has 0 aromatic heterocycles. The maximum atomic E-state index is 12.1. The minimum atomic E-state index is -0.984. The Labute approximate surface area is 101 Å². The third-order valence-corrected chi connectivity index (χ3v) is 2.75. The van der Waals surface area contributed by atoms with E-state index in [-0.39, 0.29) is 5.78 Å². The van der Waals surface area contributed by atoms with Gasteiger partial charge in [-0.15, -0.1) is 0 Å². The van der Waals surface area contributed by atoms with Crippen molar-refractivity contribution in [2.45, 2.75) is 20.8 Å². The maximum Gasteiger partial charge on any atom is 0.560 e. The van der Waals surface area contributed by atoms with Gasteiger partial charge in [0, 0.05) is 16.4 Å². The van der Waals surface area contributed by atoms with Crippen molar-refractivity contribution in [1.82, 2.24) is 0 Å². The van der Waals surface area contributed by atoms with Gasteiger partial charge in [0.25, 0.3) is 0 Å². The van der Waals surface area contributed by atoms with Gasteiger partial charge >= 0.3 is 7.12 Å². The Morgan fingerprint density at radius 2 is 2.06 bits per heavy atom. The van der Waals surface area contributed by atoms with E-state index in [2.05, 4.69) is 0 Å². The highest BCUT2D eigenvalue weighted by Crippen LogP contribution is 2.21. The predicted octanol–water partition coefficient (Wildman–Crippen LogP) is 1.60. The van der Waals surface area contributed by atoms with Crippen LogP contribution in [0, 0.1) is 5.41 Å². The Hall–Kier alpha value is -1.55. The summed E-state index contributed by atoms with van der Waals surface area (Å²) in [5, 5.41) is 9.69. The fraction of sp³-hybridized carbons (Fsp3) is 0.308. The highest BCUT2D eigenvalue weighted by atomic mass is 16.5. The molecule has 0 radical (unpaired) electrons. The molecule has 0 aliphatic carbocycles. The molecule has 1 aromatic rings. The molecule has 17 heavy (non-hydrogen) atoms. The summed E-state index contributed by atoms with van der Waals surface area (Å²) in [6.07, 6.45) is 3.23. The zero-order valence-corrected chi connectivity index (χ0v) is 10.2. The van der Waals surface area contributed by atoms with Crippen LogP contribution < -0.4 is 5.46 Å². The van der Waals surface area contributed by atoms with Gasteiger partial charge in [0.15, 0.2) is 5.78 Å². The number of hydrogen-bond donors (Lipinski definition) is 1. The lowest BCUT2D eigenvalue weighted by molar-refractivity contribution is 0.0858. The van der Waals surface area contributed by atoms with E-state index in [0.717, 1.165) is 5.56 Å². The summed E-state index contributed by atoms with van der Waals surface area (Å²) >= 11 is 0. The second-order valence-electron chi connectivity index (χ2n) is 5.21. The minimum Gasteiger partial charge on any atom is -0.538 e.